The number of nitrogens with zero attached hydrogens (tertiary/aromatic N) is 2. The summed E-state index contributed by atoms with van der Waals surface area (Å²) in [5.74, 6) is 0. The number of hydrogen-bond acceptors (Lipinski definition) is 2. The van der Waals surface area contributed by atoms with Gasteiger partial charge in [0, 0.05) is 32.2 Å². The maximum Gasteiger partial charge on any atom is 0.322 e. The molecule has 4 rings (SSSR count). The summed E-state index contributed by atoms with van der Waals surface area (Å²) in [5, 5.41) is 3.58. The Morgan fingerprint density at radius 1 is 1.04 bits per heavy atom. The summed E-state index contributed by atoms with van der Waals surface area (Å²) < 4.78 is 0. The number of carbonyl (C=O) groups is 1. The maximum atomic E-state index is 12.5. The molecule has 4 nitrogen and oxygen atoms in total. The van der Waals surface area contributed by atoms with E-state index in [0.717, 1.165) is 43.7 Å². The second kappa shape index (κ2) is 7.06. The highest BCUT2D eigenvalue weighted by Gasteiger charge is 2.32. The second-order valence-electron chi connectivity index (χ2n) is 6.82. The van der Waals surface area contributed by atoms with Crippen LogP contribution in [0.2, 0.25) is 5.02 Å². The third kappa shape index (κ3) is 3.51. The lowest BCUT2D eigenvalue weighted by Crippen LogP contribution is -2.50. The number of urea groups is 1. The van der Waals surface area contributed by atoms with Crippen molar-refractivity contribution in [3.63, 3.8) is 0 Å². The Balaban J connectivity index is 1.39. The summed E-state index contributed by atoms with van der Waals surface area (Å²) in [6.07, 6.45) is 2.02. The van der Waals surface area contributed by atoms with Crippen molar-refractivity contribution in [2.24, 2.45) is 0 Å². The first kappa shape index (κ1) is 16.4. The Hall–Kier alpha value is -2.04. The highest BCUT2D eigenvalue weighted by Crippen LogP contribution is 2.32. The molecular formula is C20H22ClN3O. The molecule has 0 spiro atoms. The molecule has 2 aromatic rings. The lowest BCUT2D eigenvalue weighted by Gasteiger charge is -2.40. The molecule has 25 heavy (non-hydrogen) atoms. The van der Waals surface area contributed by atoms with Crippen molar-refractivity contribution in [2.75, 3.05) is 18.4 Å². The van der Waals surface area contributed by atoms with Crippen molar-refractivity contribution < 1.29 is 4.79 Å². The first-order valence-electron chi connectivity index (χ1n) is 8.82. The van der Waals surface area contributed by atoms with Crippen LogP contribution < -0.4 is 5.32 Å². The molecule has 0 atom stereocenters. The van der Waals surface area contributed by atoms with Crippen molar-refractivity contribution in [1.82, 2.24) is 9.80 Å². The van der Waals surface area contributed by atoms with Crippen LogP contribution in [0.15, 0.2) is 48.5 Å². The third-order valence-electron chi connectivity index (χ3n) is 5.18. The van der Waals surface area contributed by atoms with Crippen LogP contribution in [0.25, 0.3) is 0 Å². The normalized spacial score (nSPS) is 18.8. The first-order valence-corrected chi connectivity index (χ1v) is 9.20. The van der Waals surface area contributed by atoms with E-state index in [1.54, 1.807) is 0 Å². The van der Waals surface area contributed by atoms with Crippen molar-refractivity contribution >= 4 is 23.3 Å². The molecule has 2 aliphatic heterocycles. The van der Waals surface area contributed by atoms with E-state index >= 15 is 0 Å². The molecule has 0 aliphatic carbocycles. The Kier molecular flexibility index (Phi) is 4.64. The van der Waals surface area contributed by atoms with Gasteiger partial charge < -0.3 is 10.2 Å². The van der Waals surface area contributed by atoms with Gasteiger partial charge in [0.25, 0.3) is 0 Å². The van der Waals surface area contributed by atoms with Crippen molar-refractivity contribution in [3.05, 3.63) is 64.7 Å². The first-order chi connectivity index (χ1) is 12.2. The molecule has 0 bridgehead atoms. The van der Waals surface area contributed by atoms with Gasteiger partial charge >= 0.3 is 6.03 Å². The number of fused-ring (bicyclic) bond motifs is 1. The molecule has 0 aromatic heterocycles. The molecule has 2 aliphatic rings. The molecule has 2 aromatic carbocycles. The SMILES string of the molecule is O=C1Nc2c(Cl)cccc2CN1C1CCN(Cc2ccccc2)CC1. The topological polar surface area (TPSA) is 35.6 Å². The standard InChI is InChI=1S/C20H22ClN3O/c21-18-8-4-7-16-14-24(20(25)22-19(16)18)17-9-11-23(12-10-17)13-15-5-2-1-3-6-15/h1-8,17H,9-14H2,(H,22,25). The van der Waals surface area contributed by atoms with E-state index < -0.39 is 0 Å². The van der Waals surface area contributed by atoms with Crippen LogP contribution >= 0.6 is 11.6 Å². The van der Waals surface area contributed by atoms with E-state index in [0.29, 0.717) is 17.6 Å². The van der Waals surface area contributed by atoms with Crippen LogP contribution in [0.4, 0.5) is 10.5 Å². The summed E-state index contributed by atoms with van der Waals surface area (Å²) in [5.41, 5.74) is 3.21. The van der Waals surface area contributed by atoms with Crippen molar-refractivity contribution in [2.45, 2.75) is 32.0 Å². The summed E-state index contributed by atoms with van der Waals surface area (Å²) in [7, 11) is 0. The third-order valence-corrected chi connectivity index (χ3v) is 5.50. The molecule has 130 valence electrons. The fourth-order valence-corrected chi connectivity index (χ4v) is 4.04. The largest absolute Gasteiger partial charge is 0.322 e. The fourth-order valence-electron chi connectivity index (χ4n) is 3.80. The molecule has 2 amide bonds. The van der Waals surface area contributed by atoms with Gasteiger partial charge in [0.1, 0.15) is 0 Å². The Labute approximate surface area is 153 Å². The fraction of sp³-hybridized carbons (Fsp3) is 0.350. The molecule has 1 saturated heterocycles. The maximum absolute atomic E-state index is 12.5. The molecule has 1 N–H and O–H groups in total. The van der Waals surface area contributed by atoms with E-state index in [1.165, 1.54) is 5.56 Å². The Morgan fingerprint density at radius 2 is 1.80 bits per heavy atom. The van der Waals surface area contributed by atoms with Crippen LogP contribution in [0.1, 0.15) is 24.0 Å². The molecular weight excluding hydrogens is 334 g/mol. The van der Waals surface area contributed by atoms with E-state index in [-0.39, 0.29) is 6.03 Å². The number of piperidine rings is 1. The minimum atomic E-state index is -0.0258. The smallest absolute Gasteiger partial charge is 0.317 e. The molecule has 0 saturated carbocycles. The number of nitrogens with one attached hydrogen (secondary N) is 1. The van der Waals surface area contributed by atoms with Gasteiger partial charge in [-0.25, -0.2) is 4.79 Å². The van der Waals surface area contributed by atoms with Crippen molar-refractivity contribution in [1.29, 1.82) is 0 Å². The Morgan fingerprint density at radius 3 is 2.56 bits per heavy atom. The predicted molar refractivity (Wildman–Crippen MR) is 101 cm³/mol. The lowest BCUT2D eigenvalue weighted by atomic mass is 10.0. The molecule has 0 radical (unpaired) electrons. The van der Waals surface area contributed by atoms with Gasteiger partial charge in [-0.1, -0.05) is 54.1 Å². The van der Waals surface area contributed by atoms with Crippen LogP contribution in [0.3, 0.4) is 0 Å². The zero-order valence-electron chi connectivity index (χ0n) is 14.1. The van der Waals surface area contributed by atoms with Crippen LogP contribution in [0, 0.1) is 0 Å². The van der Waals surface area contributed by atoms with Gasteiger partial charge in [-0.15, -0.1) is 0 Å². The van der Waals surface area contributed by atoms with Gasteiger partial charge in [0.05, 0.1) is 10.7 Å². The molecule has 0 unspecified atom stereocenters. The minimum Gasteiger partial charge on any atom is -0.317 e. The van der Waals surface area contributed by atoms with E-state index in [9.17, 15) is 4.79 Å². The highest BCUT2D eigenvalue weighted by atomic mass is 35.5. The van der Waals surface area contributed by atoms with E-state index in [1.807, 2.05) is 23.1 Å². The molecule has 5 heteroatoms. The lowest BCUT2D eigenvalue weighted by molar-refractivity contribution is 0.118. The number of carbonyl (C=O) groups excluding carboxylic acids is 1. The van der Waals surface area contributed by atoms with Gasteiger partial charge in [-0.05, 0) is 30.0 Å². The van der Waals surface area contributed by atoms with Crippen LogP contribution in [-0.4, -0.2) is 35.0 Å². The predicted octanol–water partition coefficient (Wildman–Crippen LogP) is 4.35. The van der Waals surface area contributed by atoms with E-state index in [4.69, 9.17) is 11.6 Å². The summed E-state index contributed by atoms with van der Waals surface area (Å²) in [6.45, 7) is 3.67. The average molecular weight is 356 g/mol. The summed E-state index contributed by atoms with van der Waals surface area (Å²) in [4.78, 5) is 17.0. The molecule has 1 fully saturated rings. The minimum absolute atomic E-state index is 0.0258. The van der Waals surface area contributed by atoms with Gasteiger partial charge in [-0.3, -0.25) is 4.90 Å². The zero-order valence-corrected chi connectivity index (χ0v) is 14.9. The van der Waals surface area contributed by atoms with Crippen molar-refractivity contribution in [3.8, 4) is 0 Å². The monoisotopic (exact) mass is 355 g/mol. The van der Waals surface area contributed by atoms with Crippen LogP contribution in [0.5, 0.6) is 0 Å². The number of likely N-dealkylation sites (tertiary alicyclic amines) is 1. The number of benzene rings is 2. The number of para-hydroxylation sites is 1. The highest BCUT2D eigenvalue weighted by molar-refractivity contribution is 6.34. The van der Waals surface area contributed by atoms with Gasteiger partial charge in [-0.2, -0.15) is 0 Å². The number of amides is 2. The number of hydrogen-bond donors (Lipinski definition) is 1. The quantitative estimate of drug-likeness (QED) is 0.888. The second-order valence-corrected chi connectivity index (χ2v) is 7.23. The Bertz CT molecular complexity index is 757. The van der Waals surface area contributed by atoms with Gasteiger partial charge in [0.2, 0.25) is 0 Å². The van der Waals surface area contributed by atoms with Crippen LogP contribution in [-0.2, 0) is 13.1 Å². The number of rotatable bonds is 3. The van der Waals surface area contributed by atoms with E-state index in [2.05, 4.69) is 40.5 Å². The van der Waals surface area contributed by atoms with Gasteiger partial charge in [0.15, 0.2) is 0 Å². The summed E-state index contributed by atoms with van der Waals surface area (Å²) >= 11 is 6.20. The number of anilines is 1. The number of halogens is 1. The molecule has 2 heterocycles. The summed E-state index contributed by atoms with van der Waals surface area (Å²) in [6, 6.07) is 16.6. The average Bonchev–Trinajstić information content (AvgIpc) is 2.64. The zero-order chi connectivity index (χ0) is 17.2.